The summed E-state index contributed by atoms with van der Waals surface area (Å²) in [5.74, 6) is 1.81. The van der Waals surface area contributed by atoms with Gasteiger partial charge >= 0.3 is 0 Å². The summed E-state index contributed by atoms with van der Waals surface area (Å²) >= 11 is 9.18. The van der Waals surface area contributed by atoms with Crippen LogP contribution in [0.25, 0.3) is 0 Å². The van der Waals surface area contributed by atoms with Crippen molar-refractivity contribution in [3.8, 4) is 0 Å². The Hall–Kier alpha value is -1.87. The van der Waals surface area contributed by atoms with E-state index in [1.54, 1.807) is 30.0 Å². The third-order valence-electron chi connectivity index (χ3n) is 4.71. The van der Waals surface area contributed by atoms with E-state index in [4.69, 9.17) is 16.1 Å². The molecule has 29 heavy (non-hydrogen) atoms. The van der Waals surface area contributed by atoms with Crippen LogP contribution in [0.15, 0.2) is 45.8 Å². The summed E-state index contributed by atoms with van der Waals surface area (Å²) in [6.45, 7) is 5.84. The zero-order chi connectivity index (χ0) is 20.2. The fraction of sp³-hybridized carbons (Fsp3) is 0.350. The topological polar surface area (TPSA) is 62.5 Å². The number of hydrogen-bond acceptors (Lipinski definition) is 7. The fourth-order valence-corrected chi connectivity index (χ4v) is 5.26. The Bertz CT molecular complexity index is 982. The number of amides is 1. The molecule has 0 saturated carbocycles. The van der Waals surface area contributed by atoms with Gasteiger partial charge in [0, 0.05) is 42.5 Å². The molecule has 4 rings (SSSR count). The van der Waals surface area contributed by atoms with Crippen LogP contribution in [0, 0.1) is 6.92 Å². The average Bonchev–Trinajstić information content (AvgIpc) is 3.34. The van der Waals surface area contributed by atoms with Gasteiger partial charge in [-0.05, 0) is 31.2 Å². The highest BCUT2D eigenvalue weighted by Gasteiger charge is 2.24. The summed E-state index contributed by atoms with van der Waals surface area (Å²) in [7, 11) is 0. The Morgan fingerprint density at radius 2 is 2.00 bits per heavy atom. The van der Waals surface area contributed by atoms with E-state index < -0.39 is 0 Å². The van der Waals surface area contributed by atoms with Crippen LogP contribution >= 0.6 is 34.7 Å². The highest BCUT2D eigenvalue weighted by atomic mass is 35.5. The number of thioether (sulfide) groups is 1. The van der Waals surface area contributed by atoms with Gasteiger partial charge in [0.05, 0.1) is 15.7 Å². The van der Waals surface area contributed by atoms with Gasteiger partial charge in [0.15, 0.2) is 5.82 Å². The molecule has 0 unspecified atom stereocenters. The van der Waals surface area contributed by atoms with Crippen LogP contribution in [0.5, 0.6) is 0 Å². The van der Waals surface area contributed by atoms with Crippen LogP contribution in [0.4, 0.5) is 0 Å². The Morgan fingerprint density at radius 3 is 2.69 bits per heavy atom. The van der Waals surface area contributed by atoms with E-state index >= 15 is 0 Å². The molecule has 1 amide bonds. The summed E-state index contributed by atoms with van der Waals surface area (Å²) in [5.41, 5.74) is 0.729. The summed E-state index contributed by atoms with van der Waals surface area (Å²) in [6, 6.07) is 11.7. The second kappa shape index (κ2) is 9.30. The highest BCUT2D eigenvalue weighted by molar-refractivity contribution is 7.98. The van der Waals surface area contributed by atoms with Crippen LogP contribution in [0.2, 0.25) is 4.34 Å². The molecule has 9 heteroatoms. The molecule has 1 aromatic carbocycles. The highest BCUT2D eigenvalue weighted by Crippen LogP contribution is 2.27. The normalized spacial score (nSPS) is 15.0. The molecule has 0 aliphatic carbocycles. The number of aryl methyl sites for hydroxylation is 1. The molecule has 6 nitrogen and oxygen atoms in total. The lowest BCUT2D eigenvalue weighted by Crippen LogP contribution is -2.48. The number of halogens is 1. The van der Waals surface area contributed by atoms with E-state index in [2.05, 4.69) is 21.1 Å². The molecule has 0 N–H and O–H groups in total. The Morgan fingerprint density at radius 1 is 1.21 bits per heavy atom. The molecule has 0 atom stereocenters. The van der Waals surface area contributed by atoms with Gasteiger partial charge in [0.2, 0.25) is 5.89 Å². The zero-order valence-electron chi connectivity index (χ0n) is 16.0. The van der Waals surface area contributed by atoms with Crippen LogP contribution < -0.4 is 0 Å². The maximum atomic E-state index is 13.1. The van der Waals surface area contributed by atoms with Gasteiger partial charge in [0.25, 0.3) is 5.91 Å². The van der Waals surface area contributed by atoms with Gasteiger partial charge in [-0.3, -0.25) is 9.69 Å². The van der Waals surface area contributed by atoms with Crippen molar-refractivity contribution in [2.45, 2.75) is 24.1 Å². The maximum Gasteiger partial charge on any atom is 0.255 e. The van der Waals surface area contributed by atoms with E-state index in [1.165, 1.54) is 4.88 Å². The standard InChI is InChI=1S/C20H21ClN4O2S2/c1-14-22-19(27-23-14)13-28-17-5-3-2-4-16(17)20(26)25-10-8-24(9-11-25)12-15-6-7-18(21)29-15/h2-7H,8-13H2,1H3. The first-order chi connectivity index (χ1) is 14.1. The third-order valence-corrected chi connectivity index (χ3v) is 6.98. The number of aromatic nitrogens is 2. The second-order valence-corrected chi connectivity index (χ2v) is 9.61. The van der Waals surface area contributed by atoms with Gasteiger partial charge < -0.3 is 9.42 Å². The summed E-state index contributed by atoms with van der Waals surface area (Å²) < 4.78 is 5.99. The maximum absolute atomic E-state index is 13.1. The number of hydrogen-bond donors (Lipinski definition) is 0. The van der Waals surface area contributed by atoms with Crippen molar-refractivity contribution in [2.75, 3.05) is 26.2 Å². The number of piperazine rings is 1. The Labute approximate surface area is 182 Å². The van der Waals surface area contributed by atoms with Crippen molar-refractivity contribution in [3.63, 3.8) is 0 Å². The molecule has 0 bridgehead atoms. The van der Waals surface area contributed by atoms with Crippen LogP contribution in [-0.4, -0.2) is 52.0 Å². The van der Waals surface area contributed by atoms with Crippen molar-refractivity contribution in [1.82, 2.24) is 19.9 Å². The molecule has 2 aromatic heterocycles. The summed E-state index contributed by atoms with van der Waals surface area (Å²) in [6.07, 6.45) is 0. The van der Waals surface area contributed by atoms with Crippen LogP contribution in [0.3, 0.4) is 0 Å². The Balaban J connectivity index is 1.36. The molecule has 3 heterocycles. The number of carbonyl (C=O) groups excluding carboxylic acids is 1. The molecule has 1 fully saturated rings. The number of rotatable bonds is 6. The van der Waals surface area contributed by atoms with E-state index in [1.807, 2.05) is 35.2 Å². The number of thiophene rings is 1. The molecule has 1 aliphatic heterocycles. The van der Waals surface area contributed by atoms with Crippen molar-refractivity contribution in [2.24, 2.45) is 0 Å². The van der Waals surface area contributed by atoms with Crippen molar-refractivity contribution in [1.29, 1.82) is 0 Å². The fourth-order valence-electron chi connectivity index (χ4n) is 3.24. The molecule has 152 valence electrons. The van der Waals surface area contributed by atoms with Crippen molar-refractivity contribution in [3.05, 3.63) is 62.9 Å². The lowest BCUT2D eigenvalue weighted by molar-refractivity contribution is 0.0626. The lowest BCUT2D eigenvalue weighted by Gasteiger charge is -2.34. The van der Waals surface area contributed by atoms with Crippen molar-refractivity contribution >= 4 is 40.6 Å². The predicted molar refractivity (Wildman–Crippen MR) is 116 cm³/mol. The van der Waals surface area contributed by atoms with Crippen LogP contribution in [-0.2, 0) is 12.3 Å². The van der Waals surface area contributed by atoms with Gasteiger partial charge in [0.1, 0.15) is 0 Å². The molecular formula is C20H21ClN4O2S2. The van der Waals surface area contributed by atoms with Gasteiger partial charge in [-0.15, -0.1) is 23.1 Å². The van der Waals surface area contributed by atoms with Gasteiger partial charge in [-0.2, -0.15) is 4.98 Å². The van der Waals surface area contributed by atoms with Gasteiger partial charge in [-0.25, -0.2) is 0 Å². The summed E-state index contributed by atoms with van der Waals surface area (Å²) in [5, 5.41) is 3.81. The minimum Gasteiger partial charge on any atom is -0.338 e. The summed E-state index contributed by atoms with van der Waals surface area (Å²) in [4.78, 5) is 23.9. The molecule has 1 aliphatic rings. The first-order valence-corrected chi connectivity index (χ1v) is 11.5. The molecule has 0 radical (unpaired) electrons. The monoisotopic (exact) mass is 448 g/mol. The first kappa shape index (κ1) is 20.4. The van der Waals surface area contributed by atoms with E-state index in [0.29, 0.717) is 17.5 Å². The molecular weight excluding hydrogens is 428 g/mol. The number of benzene rings is 1. The van der Waals surface area contributed by atoms with E-state index in [9.17, 15) is 4.79 Å². The predicted octanol–water partition coefficient (Wildman–Crippen LogP) is 4.34. The quantitative estimate of drug-likeness (QED) is 0.522. The van der Waals surface area contributed by atoms with Crippen molar-refractivity contribution < 1.29 is 9.32 Å². The lowest BCUT2D eigenvalue weighted by atomic mass is 10.2. The average molecular weight is 449 g/mol. The molecule has 3 aromatic rings. The zero-order valence-corrected chi connectivity index (χ0v) is 18.4. The second-order valence-electron chi connectivity index (χ2n) is 6.79. The first-order valence-electron chi connectivity index (χ1n) is 9.35. The van der Waals surface area contributed by atoms with Crippen LogP contribution in [0.1, 0.15) is 27.0 Å². The van der Waals surface area contributed by atoms with E-state index in [0.717, 1.165) is 47.5 Å². The largest absolute Gasteiger partial charge is 0.338 e. The molecule has 1 saturated heterocycles. The Kier molecular flexibility index (Phi) is 6.54. The molecule has 0 spiro atoms. The number of carbonyl (C=O) groups is 1. The third kappa shape index (κ3) is 5.19. The minimum atomic E-state index is 0.0774. The smallest absolute Gasteiger partial charge is 0.255 e. The van der Waals surface area contributed by atoms with E-state index in [-0.39, 0.29) is 5.91 Å². The minimum absolute atomic E-state index is 0.0774. The number of nitrogens with zero attached hydrogens (tertiary/aromatic N) is 4. The van der Waals surface area contributed by atoms with Gasteiger partial charge in [-0.1, -0.05) is 28.9 Å². The SMILES string of the molecule is Cc1noc(CSc2ccccc2C(=O)N2CCN(Cc3ccc(Cl)s3)CC2)n1.